The SMILES string of the molecule is O=CC=CC1=CCC(=O)C=C1. The zero-order valence-corrected chi connectivity index (χ0v) is 5.99. The van der Waals surface area contributed by atoms with Crippen LogP contribution in [-0.4, -0.2) is 12.1 Å². The van der Waals surface area contributed by atoms with Gasteiger partial charge < -0.3 is 0 Å². The number of aldehydes is 1. The van der Waals surface area contributed by atoms with Crippen LogP contribution in [-0.2, 0) is 9.59 Å². The van der Waals surface area contributed by atoms with Crippen LogP contribution < -0.4 is 0 Å². The molecule has 56 valence electrons. The summed E-state index contributed by atoms with van der Waals surface area (Å²) in [6.45, 7) is 0. The third kappa shape index (κ3) is 2.34. The van der Waals surface area contributed by atoms with Gasteiger partial charge in [-0.15, -0.1) is 0 Å². The Labute approximate surface area is 64.9 Å². The highest BCUT2D eigenvalue weighted by Gasteiger charge is 1.99. The molecule has 0 spiro atoms. The average molecular weight is 148 g/mol. The van der Waals surface area contributed by atoms with Crippen LogP contribution in [0.25, 0.3) is 0 Å². The maximum atomic E-state index is 10.7. The molecule has 0 aromatic rings. The van der Waals surface area contributed by atoms with E-state index in [2.05, 4.69) is 0 Å². The Morgan fingerprint density at radius 2 is 2.18 bits per heavy atom. The fraction of sp³-hybridized carbons (Fsp3) is 0.111. The fourth-order valence-electron chi connectivity index (χ4n) is 0.818. The summed E-state index contributed by atoms with van der Waals surface area (Å²) in [6.07, 6.45) is 9.25. The van der Waals surface area contributed by atoms with Gasteiger partial charge >= 0.3 is 0 Å². The molecule has 0 aromatic heterocycles. The van der Waals surface area contributed by atoms with Crippen molar-refractivity contribution < 1.29 is 9.59 Å². The lowest BCUT2D eigenvalue weighted by atomic mass is 10.1. The molecule has 0 unspecified atom stereocenters. The number of allylic oxidation sites excluding steroid dienone is 6. The van der Waals surface area contributed by atoms with Crippen LogP contribution in [0.2, 0.25) is 0 Å². The smallest absolute Gasteiger partial charge is 0.159 e. The minimum atomic E-state index is 0.105. The fourth-order valence-corrected chi connectivity index (χ4v) is 0.818. The molecular formula is C9H8O2. The van der Waals surface area contributed by atoms with E-state index in [1.54, 1.807) is 18.2 Å². The Morgan fingerprint density at radius 3 is 2.73 bits per heavy atom. The summed E-state index contributed by atoms with van der Waals surface area (Å²) in [7, 11) is 0. The van der Waals surface area contributed by atoms with E-state index in [4.69, 9.17) is 0 Å². The Morgan fingerprint density at radius 1 is 1.36 bits per heavy atom. The standard InChI is InChI=1S/C9H8O2/c10-7-1-2-8-3-5-9(11)6-4-8/h1-5,7H,6H2. The average Bonchev–Trinajstić information content (AvgIpc) is 2.04. The molecule has 0 aliphatic heterocycles. The molecule has 1 rings (SSSR count). The number of carbonyl (C=O) groups is 2. The van der Waals surface area contributed by atoms with Gasteiger partial charge in [0.2, 0.25) is 0 Å². The lowest BCUT2D eigenvalue weighted by molar-refractivity contribution is -0.114. The van der Waals surface area contributed by atoms with Gasteiger partial charge in [-0.3, -0.25) is 9.59 Å². The molecule has 0 saturated carbocycles. The summed E-state index contributed by atoms with van der Waals surface area (Å²) < 4.78 is 0. The summed E-state index contributed by atoms with van der Waals surface area (Å²) in [5.41, 5.74) is 0.914. The Hall–Kier alpha value is -1.44. The lowest BCUT2D eigenvalue weighted by Gasteiger charge is -1.98. The van der Waals surface area contributed by atoms with Crippen molar-refractivity contribution in [2.75, 3.05) is 0 Å². The highest BCUT2D eigenvalue weighted by atomic mass is 16.1. The molecule has 1 aliphatic rings. The Kier molecular flexibility index (Phi) is 2.55. The highest BCUT2D eigenvalue weighted by molar-refractivity contribution is 5.92. The first-order chi connectivity index (χ1) is 5.33. The van der Waals surface area contributed by atoms with E-state index in [9.17, 15) is 9.59 Å². The van der Waals surface area contributed by atoms with Crippen molar-refractivity contribution in [1.82, 2.24) is 0 Å². The van der Waals surface area contributed by atoms with Crippen LogP contribution in [0.4, 0.5) is 0 Å². The molecule has 2 nitrogen and oxygen atoms in total. The molecule has 1 aliphatic carbocycles. The second kappa shape index (κ2) is 3.66. The predicted octanol–water partition coefficient (Wildman–Crippen LogP) is 1.20. The Balaban J connectivity index is 2.63. The number of carbonyl (C=O) groups excluding carboxylic acids is 2. The maximum absolute atomic E-state index is 10.7. The van der Waals surface area contributed by atoms with Crippen LogP contribution in [0.1, 0.15) is 6.42 Å². The second-order valence-electron chi connectivity index (χ2n) is 2.20. The van der Waals surface area contributed by atoms with E-state index >= 15 is 0 Å². The number of ketones is 1. The molecule has 0 atom stereocenters. The van der Waals surface area contributed by atoms with Gasteiger partial charge in [-0.1, -0.05) is 18.2 Å². The van der Waals surface area contributed by atoms with E-state index in [1.807, 2.05) is 0 Å². The first-order valence-electron chi connectivity index (χ1n) is 3.36. The van der Waals surface area contributed by atoms with Crippen LogP contribution >= 0.6 is 0 Å². The molecule has 0 N–H and O–H groups in total. The molecule has 0 heterocycles. The van der Waals surface area contributed by atoms with Crippen molar-refractivity contribution in [3.63, 3.8) is 0 Å². The summed E-state index contributed by atoms with van der Waals surface area (Å²) >= 11 is 0. The van der Waals surface area contributed by atoms with E-state index in [-0.39, 0.29) is 5.78 Å². The summed E-state index contributed by atoms with van der Waals surface area (Å²) in [5.74, 6) is 0.105. The second-order valence-corrected chi connectivity index (χ2v) is 2.20. The predicted molar refractivity (Wildman–Crippen MR) is 42.1 cm³/mol. The van der Waals surface area contributed by atoms with Crippen molar-refractivity contribution in [3.05, 3.63) is 36.0 Å². The zero-order valence-electron chi connectivity index (χ0n) is 5.99. The van der Waals surface area contributed by atoms with Crippen LogP contribution in [0, 0.1) is 0 Å². The molecule has 11 heavy (non-hydrogen) atoms. The third-order valence-electron chi connectivity index (χ3n) is 1.37. The molecule has 0 radical (unpaired) electrons. The minimum absolute atomic E-state index is 0.105. The molecule has 0 bridgehead atoms. The minimum Gasteiger partial charge on any atom is -0.299 e. The van der Waals surface area contributed by atoms with E-state index in [0.717, 1.165) is 5.57 Å². The van der Waals surface area contributed by atoms with Gasteiger partial charge in [-0.2, -0.15) is 0 Å². The first kappa shape index (κ1) is 7.66. The van der Waals surface area contributed by atoms with Gasteiger partial charge in [-0.25, -0.2) is 0 Å². The van der Waals surface area contributed by atoms with Gasteiger partial charge in [0, 0.05) is 6.42 Å². The zero-order chi connectivity index (χ0) is 8.10. The molecule has 0 aromatic carbocycles. The van der Waals surface area contributed by atoms with Crippen LogP contribution in [0.15, 0.2) is 36.0 Å². The van der Waals surface area contributed by atoms with Gasteiger partial charge in [0.25, 0.3) is 0 Å². The van der Waals surface area contributed by atoms with Gasteiger partial charge in [0.1, 0.15) is 6.29 Å². The van der Waals surface area contributed by atoms with Crippen molar-refractivity contribution in [2.24, 2.45) is 0 Å². The third-order valence-corrected chi connectivity index (χ3v) is 1.37. The van der Waals surface area contributed by atoms with E-state index in [1.165, 1.54) is 12.2 Å². The van der Waals surface area contributed by atoms with Crippen LogP contribution in [0.3, 0.4) is 0 Å². The summed E-state index contributed by atoms with van der Waals surface area (Å²) in [5, 5.41) is 0. The Bertz CT molecular complexity index is 253. The molecular weight excluding hydrogens is 140 g/mol. The lowest BCUT2D eigenvalue weighted by Crippen LogP contribution is -1.94. The largest absolute Gasteiger partial charge is 0.299 e. The van der Waals surface area contributed by atoms with Crippen molar-refractivity contribution in [1.29, 1.82) is 0 Å². The topological polar surface area (TPSA) is 34.1 Å². The molecule has 2 heteroatoms. The number of hydrogen-bond acceptors (Lipinski definition) is 2. The van der Waals surface area contributed by atoms with Crippen molar-refractivity contribution in [2.45, 2.75) is 6.42 Å². The first-order valence-corrected chi connectivity index (χ1v) is 3.36. The molecule has 0 amide bonds. The van der Waals surface area contributed by atoms with Gasteiger partial charge in [-0.05, 0) is 17.7 Å². The van der Waals surface area contributed by atoms with E-state index < -0.39 is 0 Å². The van der Waals surface area contributed by atoms with Gasteiger partial charge in [0.15, 0.2) is 5.78 Å². The van der Waals surface area contributed by atoms with Gasteiger partial charge in [0.05, 0.1) is 0 Å². The summed E-state index contributed by atoms with van der Waals surface area (Å²) in [6, 6.07) is 0. The monoisotopic (exact) mass is 148 g/mol. The molecule has 0 fully saturated rings. The number of hydrogen-bond donors (Lipinski definition) is 0. The van der Waals surface area contributed by atoms with Crippen molar-refractivity contribution >= 4 is 12.1 Å². The van der Waals surface area contributed by atoms with Crippen LogP contribution in [0.5, 0.6) is 0 Å². The number of rotatable bonds is 2. The maximum Gasteiger partial charge on any atom is 0.159 e. The highest BCUT2D eigenvalue weighted by Crippen LogP contribution is 2.07. The summed E-state index contributed by atoms with van der Waals surface area (Å²) in [4.78, 5) is 20.6. The van der Waals surface area contributed by atoms with E-state index in [0.29, 0.717) is 12.7 Å². The normalized spacial score (nSPS) is 17.1. The molecule has 0 saturated heterocycles. The van der Waals surface area contributed by atoms with Crippen molar-refractivity contribution in [3.8, 4) is 0 Å². The quantitative estimate of drug-likeness (QED) is 0.435.